The zero-order valence-electron chi connectivity index (χ0n) is 29.2. The summed E-state index contributed by atoms with van der Waals surface area (Å²) < 4.78 is 0. The molecule has 0 fully saturated rings. The summed E-state index contributed by atoms with van der Waals surface area (Å²) in [7, 11) is 0. The second-order valence-corrected chi connectivity index (χ2v) is 12.5. The van der Waals surface area contributed by atoms with Gasteiger partial charge in [0, 0.05) is 34.1 Å². The highest BCUT2D eigenvalue weighted by Crippen LogP contribution is 2.38. The minimum atomic E-state index is 1.00. The third-order valence-corrected chi connectivity index (χ3v) is 9.07. The molecule has 0 saturated heterocycles. The highest BCUT2D eigenvalue weighted by atomic mass is 15.1. The summed E-state index contributed by atoms with van der Waals surface area (Å²) in [4.78, 5) is 4.63. The van der Waals surface area contributed by atoms with Crippen molar-refractivity contribution in [3.8, 4) is 22.3 Å². The maximum atomic E-state index is 2.32. The lowest BCUT2D eigenvalue weighted by Crippen LogP contribution is -2.10. The number of allylic oxidation sites excluding steroid dienone is 4. The molecule has 0 unspecified atom stereocenters. The first-order chi connectivity index (χ1) is 25.2. The Labute approximate surface area is 302 Å². The van der Waals surface area contributed by atoms with E-state index in [0.717, 1.165) is 40.5 Å². The van der Waals surface area contributed by atoms with Crippen LogP contribution in [0.4, 0.5) is 34.1 Å². The average molecular weight is 659 g/mol. The minimum absolute atomic E-state index is 1.00. The molecule has 0 aliphatic carbocycles. The SMILES string of the molecule is C/C=C\C(=C/CC)c1ccc(N(c2ccccc2)c2ccc(-c3ccc(N(c4ccccc4)c4ccc(-c5ccccc5)cc4)cc3)cc2)cc1. The molecule has 0 aliphatic heterocycles. The summed E-state index contributed by atoms with van der Waals surface area (Å²) in [5, 5.41) is 0. The van der Waals surface area contributed by atoms with E-state index in [1.165, 1.54) is 33.4 Å². The van der Waals surface area contributed by atoms with Gasteiger partial charge in [0.15, 0.2) is 0 Å². The molecule has 0 saturated carbocycles. The molecule has 7 rings (SSSR count). The highest BCUT2D eigenvalue weighted by Gasteiger charge is 2.15. The van der Waals surface area contributed by atoms with Crippen molar-refractivity contribution in [2.24, 2.45) is 0 Å². The van der Waals surface area contributed by atoms with E-state index < -0.39 is 0 Å². The summed E-state index contributed by atoms with van der Waals surface area (Å²) in [6.07, 6.45) is 7.56. The number of rotatable bonds is 11. The molecule has 2 heteroatoms. The van der Waals surface area contributed by atoms with Gasteiger partial charge in [0.2, 0.25) is 0 Å². The van der Waals surface area contributed by atoms with Crippen LogP contribution >= 0.6 is 0 Å². The zero-order chi connectivity index (χ0) is 34.8. The van der Waals surface area contributed by atoms with Crippen LogP contribution in [0.5, 0.6) is 0 Å². The summed E-state index contributed by atoms with van der Waals surface area (Å²) >= 11 is 0. The van der Waals surface area contributed by atoms with E-state index in [4.69, 9.17) is 0 Å². The van der Waals surface area contributed by atoms with Gasteiger partial charge in [-0.25, -0.2) is 0 Å². The highest BCUT2D eigenvalue weighted by molar-refractivity contribution is 5.82. The molecule has 2 nitrogen and oxygen atoms in total. The lowest BCUT2D eigenvalue weighted by molar-refractivity contribution is 1.23. The maximum absolute atomic E-state index is 2.32. The number of para-hydroxylation sites is 2. The van der Waals surface area contributed by atoms with Crippen LogP contribution in [0.2, 0.25) is 0 Å². The molecule has 0 heterocycles. The van der Waals surface area contributed by atoms with Crippen LogP contribution in [-0.2, 0) is 0 Å². The van der Waals surface area contributed by atoms with Gasteiger partial charge in [0.1, 0.15) is 0 Å². The van der Waals surface area contributed by atoms with Gasteiger partial charge in [-0.1, -0.05) is 140 Å². The van der Waals surface area contributed by atoms with E-state index in [9.17, 15) is 0 Å². The van der Waals surface area contributed by atoms with Crippen molar-refractivity contribution >= 4 is 39.7 Å². The van der Waals surface area contributed by atoms with Crippen molar-refractivity contribution in [3.05, 3.63) is 212 Å². The minimum Gasteiger partial charge on any atom is -0.311 e. The van der Waals surface area contributed by atoms with Gasteiger partial charge in [0.25, 0.3) is 0 Å². The Morgan fingerprint density at radius 2 is 0.706 bits per heavy atom. The molecule has 0 N–H and O–H groups in total. The summed E-state index contributed by atoms with van der Waals surface area (Å²) in [5.41, 5.74) is 13.9. The van der Waals surface area contributed by atoms with Crippen LogP contribution in [0, 0.1) is 0 Å². The number of benzene rings is 7. The topological polar surface area (TPSA) is 6.48 Å². The van der Waals surface area contributed by atoms with E-state index in [-0.39, 0.29) is 0 Å². The van der Waals surface area contributed by atoms with Crippen LogP contribution in [0.1, 0.15) is 25.8 Å². The van der Waals surface area contributed by atoms with Crippen LogP contribution in [0.3, 0.4) is 0 Å². The molecule has 0 radical (unpaired) electrons. The molecule has 7 aromatic rings. The van der Waals surface area contributed by atoms with Gasteiger partial charge in [-0.05, 0) is 120 Å². The Morgan fingerprint density at radius 3 is 1.06 bits per heavy atom. The third-order valence-electron chi connectivity index (χ3n) is 9.07. The lowest BCUT2D eigenvalue weighted by Gasteiger charge is -2.26. The van der Waals surface area contributed by atoms with E-state index in [0.29, 0.717) is 0 Å². The molecule has 248 valence electrons. The first-order valence-electron chi connectivity index (χ1n) is 17.7. The average Bonchev–Trinajstić information content (AvgIpc) is 3.20. The Hall–Kier alpha value is -6.38. The quantitative estimate of drug-likeness (QED) is 0.128. The Balaban J connectivity index is 1.17. The van der Waals surface area contributed by atoms with Gasteiger partial charge in [-0.2, -0.15) is 0 Å². The number of nitrogens with zero attached hydrogens (tertiary/aromatic N) is 2. The fourth-order valence-corrected chi connectivity index (χ4v) is 6.57. The van der Waals surface area contributed by atoms with E-state index in [2.05, 4.69) is 230 Å². The van der Waals surface area contributed by atoms with E-state index >= 15 is 0 Å². The smallest absolute Gasteiger partial charge is 0.0462 e. The third kappa shape index (κ3) is 7.61. The van der Waals surface area contributed by atoms with E-state index in [1.807, 2.05) is 0 Å². The zero-order valence-corrected chi connectivity index (χ0v) is 29.2. The Kier molecular flexibility index (Phi) is 10.3. The fourth-order valence-electron chi connectivity index (χ4n) is 6.57. The summed E-state index contributed by atoms with van der Waals surface area (Å²) in [5.74, 6) is 0. The first-order valence-corrected chi connectivity index (χ1v) is 17.7. The lowest BCUT2D eigenvalue weighted by atomic mass is 10.0. The molecular weight excluding hydrogens is 617 g/mol. The van der Waals surface area contributed by atoms with E-state index in [1.54, 1.807) is 0 Å². The van der Waals surface area contributed by atoms with Crippen molar-refractivity contribution in [2.75, 3.05) is 9.80 Å². The molecule has 7 aromatic carbocycles. The largest absolute Gasteiger partial charge is 0.311 e. The molecule has 0 spiro atoms. The molecule has 0 atom stereocenters. The molecule has 0 aliphatic rings. The summed E-state index contributed by atoms with van der Waals surface area (Å²) in [6.45, 7) is 4.25. The predicted octanol–water partition coefficient (Wildman–Crippen LogP) is 14.3. The normalized spacial score (nSPS) is 11.5. The molecule has 51 heavy (non-hydrogen) atoms. The monoisotopic (exact) mass is 658 g/mol. The van der Waals surface area contributed by atoms with Crippen molar-refractivity contribution in [3.63, 3.8) is 0 Å². The fraction of sp³-hybridized carbons (Fsp3) is 0.0612. The van der Waals surface area contributed by atoms with Crippen LogP contribution in [0.25, 0.3) is 27.8 Å². The molecular formula is C49H42N2. The van der Waals surface area contributed by atoms with Gasteiger partial charge in [0.05, 0.1) is 0 Å². The molecule has 0 bridgehead atoms. The summed E-state index contributed by atoms with van der Waals surface area (Å²) in [6, 6.07) is 67.1. The maximum Gasteiger partial charge on any atom is 0.0462 e. The molecule has 0 aromatic heterocycles. The van der Waals surface area contributed by atoms with Crippen molar-refractivity contribution < 1.29 is 0 Å². The second-order valence-electron chi connectivity index (χ2n) is 12.5. The number of hydrogen-bond donors (Lipinski definition) is 0. The van der Waals surface area contributed by atoms with Gasteiger partial charge in [-0.3, -0.25) is 0 Å². The van der Waals surface area contributed by atoms with Crippen LogP contribution in [0.15, 0.2) is 206 Å². The van der Waals surface area contributed by atoms with Gasteiger partial charge < -0.3 is 9.80 Å². The molecule has 0 amide bonds. The number of anilines is 6. The van der Waals surface area contributed by atoms with Crippen LogP contribution in [-0.4, -0.2) is 0 Å². The predicted molar refractivity (Wildman–Crippen MR) is 220 cm³/mol. The Bertz CT molecular complexity index is 2180. The first kappa shape index (κ1) is 33.1. The van der Waals surface area contributed by atoms with Gasteiger partial charge >= 0.3 is 0 Å². The standard InChI is InChI=1S/C49H42N2/c1-3-14-38(15-4-2)40-22-30-46(31-23-40)50(44-18-10-6-11-19-44)48-34-26-42(27-35-48)43-28-36-49(37-29-43)51(45-20-12-7-13-21-45)47-32-24-41(25-33-47)39-16-8-5-9-17-39/h3,5-37H,4H2,1-2H3/b14-3-,38-15+. The van der Waals surface area contributed by atoms with Gasteiger partial charge in [-0.15, -0.1) is 0 Å². The second kappa shape index (κ2) is 15.9. The van der Waals surface area contributed by atoms with Crippen LogP contribution < -0.4 is 9.80 Å². The van der Waals surface area contributed by atoms with Crippen molar-refractivity contribution in [2.45, 2.75) is 20.3 Å². The Morgan fingerprint density at radius 1 is 0.392 bits per heavy atom. The van der Waals surface area contributed by atoms with Crippen molar-refractivity contribution in [1.82, 2.24) is 0 Å². The number of hydrogen-bond acceptors (Lipinski definition) is 2. The van der Waals surface area contributed by atoms with Crippen molar-refractivity contribution in [1.29, 1.82) is 0 Å².